The number of hydrogen-bond acceptors (Lipinski definition) is 9. The molecular formula is C28H35N5O5. The van der Waals surface area contributed by atoms with Crippen molar-refractivity contribution >= 4 is 11.6 Å². The van der Waals surface area contributed by atoms with Gasteiger partial charge in [0.2, 0.25) is 0 Å². The Hall–Kier alpha value is -3.31. The van der Waals surface area contributed by atoms with E-state index in [1.54, 1.807) is 18.5 Å². The number of anilines is 1. The zero-order valence-corrected chi connectivity index (χ0v) is 21.6. The van der Waals surface area contributed by atoms with Crippen molar-refractivity contribution in [2.75, 3.05) is 38.2 Å². The molecule has 5 rings (SSSR count). The Labute approximate surface area is 222 Å². The summed E-state index contributed by atoms with van der Waals surface area (Å²) >= 11 is 0. The van der Waals surface area contributed by atoms with Gasteiger partial charge in [-0.2, -0.15) is 0 Å². The van der Waals surface area contributed by atoms with Gasteiger partial charge >= 0.3 is 0 Å². The molecular weight excluding hydrogens is 486 g/mol. The highest BCUT2D eigenvalue weighted by molar-refractivity contribution is 5.93. The zero-order chi connectivity index (χ0) is 26.3. The lowest BCUT2D eigenvalue weighted by molar-refractivity contribution is -0.0940. The van der Waals surface area contributed by atoms with Gasteiger partial charge in [-0.3, -0.25) is 14.7 Å². The molecule has 0 bridgehead atoms. The van der Waals surface area contributed by atoms with Crippen molar-refractivity contribution in [1.29, 1.82) is 0 Å². The zero-order valence-electron chi connectivity index (χ0n) is 21.6. The molecule has 10 heteroatoms. The number of amides is 1. The molecule has 0 aliphatic carbocycles. The fourth-order valence-corrected chi connectivity index (χ4v) is 5.08. The summed E-state index contributed by atoms with van der Waals surface area (Å²) in [6.45, 7) is 5.02. The number of nitrogens with zero attached hydrogens (tertiary/aromatic N) is 3. The smallest absolute Gasteiger partial charge is 0.270 e. The molecule has 0 radical (unpaired) electrons. The van der Waals surface area contributed by atoms with Gasteiger partial charge in [-0.1, -0.05) is 18.2 Å². The van der Waals surface area contributed by atoms with Crippen molar-refractivity contribution < 1.29 is 23.8 Å². The van der Waals surface area contributed by atoms with E-state index in [-0.39, 0.29) is 25.3 Å². The Balaban J connectivity index is 1.18. The van der Waals surface area contributed by atoms with Crippen LogP contribution in [0.2, 0.25) is 0 Å². The van der Waals surface area contributed by atoms with Gasteiger partial charge in [0.25, 0.3) is 5.91 Å². The highest BCUT2D eigenvalue weighted by Gasteiger charge is 2.30. The van der Waals surface area contributed by atoms with E-state index >= 15 is 0 Å². The summed E-state index contributed by atoms with van der Waals surface area (Å²) in [4.78, 5) is 23.1. The molecule has 1 fully saturated rings. The summed E-state index contributed by atoms with van der Waals surface area (Å²) in [6.07, 6.45) is 6.23. The fourth-order valence-electron chi connectivity index (χ4n) is 5.08. The van der Waals surface area contributed by atoms with Crippen molar-refractivity contribution in [2.45, 2.75) is 51.2 Å². The van der Waals surface area contributed by atoms with E-state index in [0.717, 1.165) is 50.3 Å². The van der Waals surface area contributed by atoms with Gasteiger partial charge in [0.1, 0.15) is 24.3 Å². The average molecular weight is 522 g/mol. The molecule has 2 aromatic heterocycles. The van der Waals surface area contributed by atoms with Crippen molar-refractivity contribution in [3.8, 4) is 0 Å². The van der Waals surface area contributed by atoms with Crippen LogP contribution in [-0.2, 0) is 22.5 Å². The quantitative estimate of drug-likeness (QED) is 0.370. The Bertz CT molecular complexity index is 1200. The van der Waals surface area contributed by atoms with E-state index < -0.39 is 6.10 Å². The van der Waals surface area contributed by atoms with Gasteiger partial charge in [-0.05, 0) is 55.0 Å². The number of pyridine rings is 1. The molecule has 2 aliphatic heterocycles. The van der Waals surface area contributed by atoms with Gasteiger partial charge in [0.05, 0.1) is 12.3 Å². The minimum atomic E-state index is -0.787. The van der Waals surface area contributed by atoms with Gasteiger partial charge in [0.15, 0.2) is 6.39 Å². The van der Waals surface area contributed by atoms with Crippen LogP contribution in [0.1, 0.15) is 52.0 Å². The highest BCUT2D eigenvalue weighted by Crippen LogP contribution is 2.33. The summed E-state index contributed by atoms with van der Waals surface area (Å²) in [5, 5.41) is 17.1. The Kier molecular flexibility index (Phi) is 8.65. The second-order valence-corrected chi connectivity index (χ2v) is 9.84. The second-order valence-electron chi connectivity index (χ2n) is 9.84. The summed E-state index contributed by atoms with van der Waals surface area (Å²) in [5.74, 6) is 0.316. The summed E-state index contributed by atoms with van der Waals surface area (Å²) in [5.41, 5.74) is 4.75. The van der Waals surface area contributed by atoms with Crippen LogP contribution in [0.25, 0.3) is 0 Å². The number of nitrogens with one attached hydrogen (secondary N) is 2. The number of ether oxygens (including phenoxy) is 2. The third kappa shape index (κ3) is 6.57. The number of carbonyl (C=O) groups excluding carboxylic acids is 1. The van der Waals surface area contributed by atoms with Crippen LogP contribution in [0.3, 0.4) is 0 Å². The predicted octanol–water partition coefficient (Wildman–Crippen LogP) is 2.83. The second kappa shape index (κ2) is 12.5. The molecule has 4 heterocycles. The third-order valence-electron chi connectivity index (χ3n) is 7.09. The van der Waals surface area contributed by atoms with E-state index in [9.17, 15) is 9.90 Å². The third-order valence-corrected chi connectivity index (χ3v) is 7.09. The maximum Gasteiger partial charge on any atom is 0.270 e. The number of hydrogen-bond donors (Lipinski definition) is 3. The lowest BCUT2D eigenvalue weighted by atomic mass is 9.93. The number of β-amino-alcohol motifs (C(OH)–C–C–N with tert-alkyl or cyclic N) is 1. The lowest BCUT2D eigenvalue weighted by Gasteiger charge is -2.38. The topological polar surface area (TPSA) is 122 Å². The monoisotopic (exact) mass is 521 g/mol. The van der Waals surface area contributed by atoms with Crippen molar-refractivity contribution in [3.63, 3.8) is 0 Å². The molecule has 1 amide bonds. The molecule has 2 atom stereocenters. The summed E-state index contributed by atoms with van der Waals surface area (Å²) < 4.78 is 17.0. The fraction of sp³-hybridized carbons (Fsp3) is 0.464. The largest absolute Gasteiger partial charge is 0.446 e. The number of fused-ring (bicyclic) bond motifs is 1. The Morgan fingerprint density at radius 3 is 2.97 bits per heavy atom. The van der Waals surface area contributed by atoms with Crippen LogP contribution in [-0.4, -0.2) is 70.9 Å². The number of oxazole rings is 1. The average Bonchev–Trinajstić information content (AvgIpc) is 3.46. The van der Waals surface area contributed by atoms with Gasteiger partial charge in [0, 0.05) is 50.8 Å². The Morgan fingerprint density at radius 1 is 1.29 bits per heavy atom. The van der Waals surface area contributed by atoms with E-state index in [4.69, 9.17) is 13.9 Å². The van der Waals surface area contributed by atoms with Crippen LogP contribution in [0.4, 0.5) is 5.69 Å². The summed E-state index contributed by atoms with van der Waals surface area (Å²) in [6, 6.07) is 10.1. The number of rotatable bonds is 10. The standard InChI is InChI=1S/C28H35N5O5/c1-19-3-2-4-25-24(19)6-10-33(28(25)37-17-23-15-29-18-38-23)16-22(34)14-31-27(35)26-13-21(5-9-30-26)32-20-7-11-36-12-8-20/h2-5,9,13,15,18,20,22,28,34H,6-8,10-12,14,16-17H2,1H3,(H,30,32)(H,31,35)/t22-,28?/m0/s1. The van der Waals surface area contributed by atoms with Gasteiger partial charge < -0.3 is 29.6 Å². The number of carbonyl (C=O) groups is 1. The van der Waals surface area contributed by atoms with Gasteiger partial charge in [-0.15, -0.1) is 0 Å². The van der Waals surface area contributed by atoms with Crippen LogP contribution >= 0.6 is 0 Å². The number of aryl methyl sites for hydroxylation is 1. The molecule has 10 nitrogen and oxygen atoms in total. The molecule has 0 saturated carbocycles. The molecule has 1 saturated heterocycles. The van der Waals surface area contributed by atoms with Gasteiger partial charge in [-0.25, -0.2) is 4.98 Å². The maximum absolute atomic E-state index is 12.8. The number of benzene rings is 1. The molecule has 3 aromatic rings. The maximum atomic E-state index is 12.8. The van der Waals surface area contributed by atoms with E-state index in [1.165, 1.54) is 17.5 Å². The first-order chi connectivity index (χ1) is 18.6. The van der Waals surface area contributed by atoms with Crippen LogP contribution in [0, 0.1) is 6.92 Å². The molecule has 1 unspecified atom stereocenters. The first-order valence-electron chi connectivity index (χ1n) is 13.1. The number of aliphatic hydroxyl groups excluding tert-OH is 1. The number of aromatic nitrogens is 2. The first kappa shape index (κ1) is 26.3. The minimum absolute atomic E-state index is 0.101. The highest BCUT2D eigenvalue weighted by atomic mass is 16.5. The van der Waals surface area contributed by atoms with Crippen LogP contribution in [0.5, 0.6) is 0 Å². The van der Waals surface area contributed by atoms with E-state index in [0.29, 0.717) is 24.0 Å². The number of aliphatic hydroxyl groups is 1. The first-order valence-corrected chi connectivity index (χ1v) is 13.1. The van der Waals surface area contributed by atoms with E-state index in [1.807, 2.05) is 12.1 Å². The molecule has 3 N–H and O–H groups in total. The molecule has 2 aliphatic rings. The summed E-state index contributed by atoms with van der Waals surface area (Å²) in [7, 11) is 0. The normalized spacial score (nSPS) is 19.1. The molecule has 202 valence electrons. The van der Waals surface area contributed by atoms with Crippen molar-refractivity contribution in [2.24, 2.45) is 0 Å². The Morgan fingerprint density at radius 2 is 2.16 bits per heavy atom. The van der Waals surface area contributed by atoms with Crippen LogP contribution in [0.15, 0.2) is 53.5 Å². The predicted molar refractivity (Wildman–Crippen MR) is 141 cm³/mol. The van der Waals surface area contributed by atoms with Crippen molar-refractivity contribution in [1.82, 2.24) is 20.2 Å². The van der Waals surface area contributed by atoms with Crippen LogP contribution < -0.4 is 10.6 Å². The SMILES string of the molecule is Cc1cccc2c1CCN(C[C@@H](O)CNC(=O)c1cc(NC3CCOCC3)ccn1)C2OCc1cnco1. The lowest BCUT2D eigenvalue weighted by Crippen LogP contribution is -2.45. The molecule has 38 heavy (non-hydrogen) atoms. The molecule has 0 spiro atoms. The molecule has 1 aromatic carbocycles. The van der Waals surface area contributed by atoms with E-state index in [2.05, 4.69) is 44.6 Å². The minimum Gasteiger partial charge on any atom is -0.446 e. The van der Waals surface area contributed by atoms with Crippen molar-refractivity contribution in [3.05, 3.63) is 77.3 Å².